The van der Waals surface area contributed by atoms with E-state index in [1.807, 2.05) is 48.5 Å². The van der Waals surface area contributed by atoms with E-state index in [2.05, 4.69) is 12.1 Å². The molecule has 22 heavy (non-hydrogen) atoms. The quantitative estimate of drug-likeness (QED) is 0.470. The van der Waals surface area contributed by atoms with Crippen LogP contribution in [-0.4, -0.2) is 5.97 Å². The first kappa shape index (κ1) is 13.4. The molecule has 0 bridgehead atoms. The molecule has 0 aromatic heterocycles. The predicted molar refractivity (Wildman–Crippen MR) is 87.5 cm³/mol. The second kappa shape index (κ2) is 5.15. The van der Waals surface area contributed by atoms with Crippen LogP contribution < -0.4 is 4.74 Å². The molecule has 1 aliphatic rings. The highest BCUT2D eigenvalue weighted by atomic mass is 35.5. The van der Waals surface area contributed by atoms with E-state index in [1.54, 1.807) is 0 Å². The van der Waals surface area contributed by atoms with Crippen LogP contribution in [0.3, 0.4) is 0 Å². The molecule has 1 aliphatic heterocycles. The molecule has 3 heteroatoms. The number of hydrogen-bond donors (Lipinski definition) is 0. The molecule has 0 amide bonds. The Morgan fingerprint density at radius 2 is 1.86 bits per heavy atom. The normalized spacial score (nSPS) is 17.1. The molecule has 1 heterocycles. The van der Waals surface area contributed by atoms with Gasteiger partial charge in [-0.15, -0.1) is 0 Å². The van der Waals surface area contributed by atoms with Crippen LogP contribution in [0.15, 0.2) is 60.7 Å². The highest BCUT2D eigenvalue weighted by Crippen LogP contribution is 2.42. The summed E-state index contributed by atoms with van der Waals surface area (Å²) in [5.74, 6) is 0.465. The maximum atomic E-state index is 12.1. The van der Waals surface area contributed by atoms with Gasteiger partial charge < -0.3 is 4.74 Å². The fourth-order valence-electron chi connectivity index (χ4n) is 3.10. The molecule has 0 N–H and O–H groups in total. The van der Waals surface area contributed by atoms with E-state index < -0.39 is 0 Å². The number of hydrogen-bond acceptors (Lipinski definition) is 2. The Kier molecular flexibility index (Phi) is 3.12. The monoisotopic (exact) mass is 308 g/mol. The van der Waals surface area contributed by atoms with Crippen LogP contribution in [0.4, 0.5) is 0 Å². The molecule has 0 saturated carbocycles. The van der Waals surface area contributed by atoms with Crippen molar-refractivity contribution in [2.24, 2.45) is 0 Å². The zero-order valence-electron chi connectivity index (χ0n) is 11.8. The average molecular weight is 309 g/mol. The Morgan fingerprint density at radius 1 is 1.00 bits per heavy atom. The lowest BCUT2D eigenvalue weighted by molar-refractivity contribution is -0.135. The van der Waals surface area contributed by atoms with Gasteiger partial charge in [0.1, 0.15) is 5.75 Å². The van der Waals surface area contributed by atoms with E-state index >= 15 is 0 Å². The molecule has 0 aliphatic carbocycles. The van der Waals surface area contributed by atoms with Crippen LogP contribution in [0.2, 0.25) is 5.02 Å². The van der Waals surface area contributed by atoms with E-state index in [0.717, 1.165) is 21.9 Å². The van der Waals surface area contributed by atoms with Crippen molar-refractivity contribution < 1.29 is 9.53 Å². The molecule has 3 aromatic carbocycles. The van der Waals surface area contributed by atoms with Crippen LogP contribution in [-0.2, 0) is 4.79 Å². The van der Waals surface area contributed by atoms with E-state index in [-0.39, 0.29) is 11.9 Å². The van der Waals surface area contributed by atoms with Gasteiger partial charge in [-0.1, -0.05) is 60.1 Å². The predicted octanol–water partition coefficient (Wildman–Crippen LogP) is 4.93. The van der Waals surface area contributed by atoms with E-state index in [1.165, 1.54) is 0 Å². The van der Waals surface area contributed by atoms with Gasteiger partial charge in [-0.25, -0.2) is 0 Å². The van der Waals surface area contributed by atoms with Gasteiger partial charge in [0.05, 0.1) is 6.42 Å². The number of fused-ring (bicyclic) bond motifs is 3. The first-order valence-electron chi connectivity index (χ1n) is 7.20. The Balaban J connectivity index is 1.94. The van der Waals surface area contributed by atoms with Crippen LogP contribution in [0.5, 0.6) is 5.75 Å². The first-order valence-corrected chi connectivity index (χ1v) is 7.58. The standard InChI is InChI=1S/C19H13ClO2/c20-14-6-3-5-13(10-14)17-11-18(21)22-19-15-7-2-1-4-12(15)8-9-16(17)19/h1-10,17H,11H2. The van der Waals surface area contributed by atoms with E-state index in [9.17, 15) is 4.79 Å². The van der Waals surface area contributed by atoms with Crippen molar-refractivity contribution in [3.05, 3.63) is 76.8 Å². The molecule has 1 unspecified atom stereocenters. The van der Waals surface area contributed by atoms with Gasteiger partial charge in [0, 0.05) is 21.9 Å². The minimum absolute atomic E-state index is 0.0143. The molecule has 0 saturated heterocycles. The summed E-state index contributed by atoms with van der Waals surface area (Å²) in [7, 11) is 0. The molecule has 3 aromatic rings. The number of carbonyl (C=O) groups is 1. The smallest absolute Gasteiger partial charge is 0.312 e. The lowest BCUT2D eigenvalue weighted by atomic mass is 9.85. The Hall–Kier alpha value is -2.32. The van der Waals surface area contributed by atoms with Gasteiger partial charge in [0.2, 0.25) is 0 Å². The maximum Gasteiger partial charge on any atom is 0.312 e. The fraction of sp³-hybridized carbons (Fsp3) is 0.105. The zero-order chi connectivity index (χ0) is 15.1. The Morgan fingerprint density at radius 3 is 2.73 bits per heavy atom. The molecule has 108 valence electrons. The molecular weight excluding hydrogens is 296 g/mol. The highest BCUT2D eigenvalue weighted by Gasteiger charge is 2.29. The van der Waals surface area contributed by atoms with Crippen molar-refractivity contribution in [1.82, 2.24) is 0 Å². The minimum atomic E-state index is -0.200. The third kappa shape index (κ3) is 2.16. The molecule has 0 fully saturated rings. The van der Waals surface area contributed by atoms with Crippen molar-refractivity contribution in [2.75, 3.05) is 0 Å². The van der Waals surface area contributed by atoms with Gasteiger partial charge in [-0.05, 0) is 23.1 Å². The number of ether oxygens (including phenoxy) is 1. The third-order valence-electron chi connectivity index (χ3n) is 4.12. The topological polar surface area (TPSA) is 26.3 Å². The minimum Gasteiger partial charge on any atom is -0.426 e. The van der Waals surface area contributed by atoms with E-state index in [0.29, 0.717) is 17.2 Å². The summed E-state index contributed by atoms with van der Waals surface area (Å²) in [6, 6.07) is 19.8. The Bertz CT molecular complexity index is 885. The van der Waals surface area contributed by atoms with Gasteiger partial charge in [0.25, 0.3) is 0 Å². The molecule has 2 nitrogen and oxygen atoms in total. The summed E-state index contributed by atoms with van der Waals surface area (Å²) in [6.45, 7) is 0. The largest absolute Gasteiger partial charge is 0.426 e. The third-order valence-corrected chi connectivity index (χ3v) is 4.36. The second-order valence-corrected chi connectivity index (χ2v) is 5.93. The number of rotatable bonds is 1. The van der Waals surface area contributed by atoms with Gasteiger partial charge in [-0.2, -0.15) is 0 Å². The van der Waals surface area contributed by atoms with Gasteiger partial charge in [0.15, 0.2) is 0 Å². The summed E-state index contributed by atoms with van der Waals surface area (Å²) >= 11 is 6.11. The summed E-state index contributed by atoms with van der Waals surface area (Å²) in [6.07, 6.45) is 0.339. The first-order chi connectivity index (χ1) is 10.7. The number of halogens is 1. The van der Waals surface area contributed by atoms with Gasteiger partial charge >= 0.3 is 5.97 Å². The van der Waals surface area contributed by atoms with Crippen LogP contribution >= 0.6 is 11.6 Å². The van der Waals surface area contributed by atoms with Crippen molar-refractivity contribution in [3.63, 3.8) is 0 Å². The maximum absolute atomic E-state index is 12.1. The summed E-state index contributed by atoms with van der Waals surface area (Å²) in [5, 5.41) is 2.72. The van der Waals surface area contributed by atoms with Crippen LogP contribution in [0, 0.1) is 0 Å². The molecule has 0 spiro atoms. The van der Waals surface area contributed by atoms with Crippen molar-refractivity contribution >= 4 is 28.3 Å². The molecule has 4 rings (SSSR count). The SMILES string of the molecule is O=C1CC(c2cccc(Cl)c2)c2ccc3ccccc3c2O1. The lowest BCUT2D eigenvalue weighted by Gasteiger charge is -2.26. The molecular formula is C19H13ClO2. The average Bonchev–Trinajstić information content (AvgIpc) is 2.54. The number of benzene rings is 3. The van der Waals surface area contributed by atoms with Gasteiger partial charge in [-0.3, -0.25) is 4.79 Å². The Labute approximate surface area is 133 Å². The van der Waals surface area contributed by atoms with Crippen molar-refractivity contribution in [1.29, 1.82) is 0 Å². The number of carbonyl (C=O) groups excluding carboxylic acids is 1. The number of esters is 1. The van der Waals surface area contributed by atoms with Crippen LogP contribution in [0.1, 0.15) is 23.5 Å². The summed E-state index contributed by atoms with van der Waals surface area (Å²) in [4.78, 5) is 12.1. The zero-order valence-corrected chi connectivity index (χ0v) is 12.5. The van der Waals surface area contributed by atoms with Crippen LogP contribution in [0.25, 0.3) is 10.8 Å². The van der Waals surface area contributed by atoms with Crippen molar-refractivity contribution in [2.45, 2.75) is 12.3 Å². The van der Waals surface area contributed by atoms with Crippen molar-refractivity contribution in [3.8, 4) is 5.75 Å². The van der Waals surface area contributed by atoms with E-state index in [4.69, 9.17) is 16.3 Å². The fourth-order valence-corrected chi connectivity index (χ4v) is 3.30. The summed E-state index contributed by atoms with van der Waals surface area (Å²) in [5.41, 5.74) is 2.08. The lowest BCUT2D eigenvalue weighted by Crippen LogP contribution is -2.21. The molecule has 1 atom stereocenters. The highest BCUT2D eigenvalue weighted by molar-refractivity contribution is 6.30. The molecule has 0 radical (unpaired) electrons. The summed E-state index contributed by atoms with van der Waals surface area (Å²) < 4.78 is 5.56. The second-order valence-electron chi connectivity index (χ2n) is 5.49.